The summed E-state index contributed by atoms with van der Waals surface area (Å²) in [5, 5.41) is 0. The zero-order valence-electron chi connectivity index (χ0n) is 13.1. The van der Waals surface area contributed by atoms with Crippen molar-refractivity contribution in [2.75, 3.05) is 39.6 Å². The summed E-state index contributed by atoms with van der Waals surface area (Å²) in [4.78, 5) is 3.72. The maximum absolute atomic E-state index is 6.04. The first-order chi connectivity index (χ1) is 9.62. The van der Waals surface area contributed by atoms with Gasteiger partial charge in [0.05, 0.1) is 6.61 Å². The van der Waals surface area contributed by atoms with Crippen LogP contribution in [0.5, 0.6) is 0 Å². The molecule has 0 amide bonds. The van der Waals surface area contributed by atoms with E-state index in [4.69, 9.17) is 10.5 Å². The molecule has 1 aromatic rings. The molecule has 4 heteroatoms. The van der Waals surface area contributed by atoms with Gasteiger partial charge in [-0.1, -0.05) is 26.0 Å². The van der Waals surface area contributed by atoms with E-state index in [9.17, 15) is 0 Å². The van der Waals surface area contributed by atoms with Crippen molar-refractivity contribution >= 4 is 11.8 Å². The van der Waals surface area contributed by atoms with Crippen LogP contribution in [0.15, 0.2) is 29.2 Å². The van der Waals surface area contributed by atoms with Gasteiger partial charge >= 0.3 is 0 Å². The SMILES string of the molecule is COCCN(CC(C)C)C(CN)c1ccc(SC)cc1. The minimum Gasteiger partial charge on any atom is -0.383 e. The summed E-state index contributed by atoms with van der Waals surface area (Å²) >= 11 is 1.76. The van der Waals surface area contributed by atoms with Gasteiger partial charge < -0.3 is 10.5 Å². The number of nitrogens with two attached hydrogens (primary N) is 1. The molecule has 0 saturated heterocycles. The number of thioether (sulfide) groups is 1. The summed E-state index contributed by atoms with van der Waals surface area (Å²) in [7, 11) is 1.75. The molecule has 0 bridgehead atoms. The lowest BCUT2D eigenvalue weighted by molar-refractivity contribution is 0.112. The Balaban J connectivity index is 2.85. The van der Waals surface area contributed by atoms with Crippen molar-refractivity contribution in [2.24, 2.45) is 11.7 Å². The first kappa shape index (κ1) is 17.5. The molecule has 0 aliphatic heterocycles. The van der Waals surface area contributed by atoms with Crippen molar-refractivity contribution in [3.63, 3.8) is 0 Å². The molecule has 20 heavy (non-hydrogen) atoms. The highest BCUT2D eigenvalue weighted by atomic mass is 32.2. The molecule has 1 aromatic carbocycles. The van der Waals surface area contributed by atoms with Crippen LogP contribution in [-0.4, -0.2) is 44.5 Å². The first-order valence-electron chi connectivity index (χ1n) is 7.19. The Morgan fingerprint density at radius 2 is 1.90 bits per heavy atom. The monoisotopic (exact) mass is 296 g/mol. The van der Waals surface area contributed by atoms with Gasteiger partial charge in [-0.15, -0.1) is 11.8 Å². The van der Waals surface area contributed by atoms with Gasteiger partial charge in [0, 0.05) is 37.7 Å². The van der Waals surface area contributed by atoms with Crippen LogP contribution in [0.1, 0.15) is 25.5 Å². The largest absolute Gasteiger partial charge is 0.383 e. The van der Waals surface area contributed by atoms with Crippen molar-refractivity contribution in [2.45, 2.75) is 24.8 Å². The van der Waals surface area contributed by atoms with Gasteiger partial charge in [0.1, 0.15) is 0 Å². The molecule has 1 atom stereocenters. The molecule has 1 rings (SSSR count). The number of hydrogen-bond acceptors (Lipinski definition) is 4. The van der Waals surface area contributed by atoms with Crippen molar-refractivity contribution in [1.29, 1.82) is 0 Å². The molecule has 0 aromatic heterocycles. The van der Waals surface area contributed by atoms with Crippen molar-refractivity contribution < 1.29 is 4.74 Å². The second kappa shape index (κ2) is 9.40. The van der Waals surface area contributed by atoms with Crippen LogP contribution in [0.3, 0.4) is 0 Å². The third kappa shape index (κ3) is 5.44. The molecular formula is C16H28N2OS. The fourth-order valence-corrected chi connectivity index (χ4v) is 2.78. The summed E-state index contributed by atoms with van der Waals surface area (Å²) in [6, 6.07) is 9.01. The Hall–Kier alpha value is -0.550. The summed E-state index contributed by atoms with van der Waals surface area (Å²) < 4.78 is 5.24. The average molecular weight is 296 g/mol. The van der Waals surface area contributed by atoms with Gasteiger partial charge in [-0.25, -0.2) is 0 Å². The number of hydrogen-bond donors (Lipinski definition) is 1. The van der Waals surface area contributed by atoms with E-state index in [0.717, 1.165) is 19.7 Å². The fraction of sp³-hybridized carbons (Fsp3) is 0.625. The van der Waals surface area contributed by atoms with E-state index in [0.29, 0.717) is 12.5 Å². The number of rotatable bonds is 9. The zero-order valence-corrected chi connectivity index (χ0v) is 14.0. The lowest BCUT2D eigenvalue weighted by atomic mass is 10.0. The molecular weight excluding hydrogens is 268 g/mol. The molecule has 0 aliphatic carbocycles. The van der Waals surface area contributed by atoms with Crippen LogP contribution in [0.4, 0.5) is 0 Å². The molecule has 2 N–H and O–H groups in total. The summed E-state index contributed by atoms with van der Waals surface area (Å²) in [6.07, 6.45) is 2.10. The van der Waals surface area contributed by atoms with E-state index in [-0.39, 0.29) is 6.04 Å². The molecule has 114 valence electrons. The minimum atomic E-state index is 0.267. The molecule has 0 saturated carbocycles. The molecule has 3 nitrogen and oxygen atoms in total. The number of ether oxygens (including phenoxy) is 1. The molecule has 1 unspecified atom stereocenters. The fourth-order valence-electron chi connectivity index (χ4n) is 2.37. The number of benzene rings is 1. The Morgan fingerprint density at radius 3 is 2.35 bits per heavy atom. The van der Waals surface area contributed by atoms with Gasteiger partial charge in [0.15, 0.2) is 0 Å². The lowest BCUT2D eigenvalue weighted by Gasteiger charge is -2.32. The maximum atomic E-state index is 6.04. The van der Waals surface area contributed by atoms with E-state index in [2.05, 4.69) is 49.3 Å². The molecule has 0 aliphatic rings. The minimum absolute atomic E-state index is 0.267. The van der Waals surface area contributed by atoms with E-state index in [1.165, 1.54) is 10.5 Å². The quantitative estimate of drug-likeness (QED) is 0.711. The van der Waals surface area contributed by atoms with E-state index in [1.54, 1.807) is 18.9 Å². The topological polar surface area (TPSA) is 38.5 Å². The van der Waals surface area contributed by atoms with Gasteiger partial charge in [-0.05, 0) is 29.9 Å². The Kier molecular flexibility index (Phi) is 8.22. The molecule has 0 heterocycles. The molecule has 0 fully saturated rings. The highest BCUT2D eigenvalue weighted by Crippen LogP contribution is 2.23. The van der Waals surface area contributed by atoms with Crippen LogP contribution in [0.2, 0.25) is 0 Å². The molecule has 0 radical (unpaired) electrons. The summed E-state index contributed by atoms with van der Waals surface area (Å²) in [5.41, 5.74) is 7.33. The van der Waals surface area contributed by atoms with Gasteiger partial charge in [-0.3, -0.25) is 4.90 Å². The highest BCUT2D eigenvalue weighted by molar-refractivity contribution is 7.98. The predicted octanol–water partition coefficient (Wildman–Crippen LogP) is 3.01. The van der Waals surface area contributed by atoms with Crippen molar-refractivity contribution in [3.8, 4) is 0 Å². The van der Waals surface area contributed by atoms with Crippen LogP contribution < -0.4 is 5.73 Å². The predicted molar refractivity (Wildman–Crippen MR) is 88.3 cm³/mol. The number of nitrogens with zero attached hydrogens (tertiary/aromatic N) is 1. The number of methoxy groups -OCH3 is 1. The maximum Gasteiger partial charge on any atom is 0.0589 e. The van der Waals surface area contributed by atoms with Crippen molar-refractivity contribution in [3.05, 3.63) is 29.8 Å². The third-order valence-electron chi connectivity index (χ3n) is 3.35. The van der Waals surface area contributed by atoms with Gasteiger partial charge in [0.25, 0.3) is 0 Å². The van der Waals surface area contributed by atoms with Crippen LogP contribution in [0.25, 0.3) is 0 Å². The lowest BCUT2D eigenvalue weighted by Crippen LogP contribution is -2.38. The second-order valence-corrected chi connectivity index (χ2v) is 6.29. The van der Waals surface area contributed by atoms with Crippen LogP contribution in [0, 0.1) is 5.92 Å². The standard InChI is InChI=1S/C16H28N2OS/c1-13(2)12-18(9-10-19-3)16(11-17)14-5-7-15(20-4)8-6-14/h5-8,13,16H,9-12,17H2,1-4H3. The third-order valence-corrected chi connectivity index (χ3v) is 4.09. The Morgan fingerprint density at radius 1 is 1.25 bits per heavy atom. The zero-order chi connectivity index (χ0) is 15.0. The summed E-state index contributed by atoms with van der Waals surface area (Å²) in [6.45, 7) is 7.81. The summed E-state index contributed by atoms with van der Waals surface area (Å²) in [5.74, 6) is 0.617. The Bertz CT molecular complexity index is 367. The first-order valence-corrected chi connectivity index (χ1v) is 8.41. The van der Waals surface area contributed by atoms with E-state index in [1.807, 2.05) is 0 Å². The van der Waals surface area contributed by atoms with Crippen molar-refractivity contribution in [1.82, 2.24) is 4.90 Å². The smallest absolute Gasteiger partial charge is 0.0589 e. The normalized spacial score (nSPS) is 13.2. The van der Waals surface area contributed by atoms with E-state index < -0.39 is 0 Å². The van der Waals surface area contributed by atoms with Crippen LogP contribution in [-0.2, 0) is 4.74 Å². The van der Waals surface area contributed by atoms with Gasteiger partial charge in [0.2, 0.25) is 0 Å². The highest BCUT2D eigenvalue weighted by Gasteiger charge is 2.19. The average Bonchev–Trinajstić information content (AvgIpc) is 2.45. The van der Waals surface area contributed by atoms with Crippen LogP contribution >= 0.6 is 11.8 Å². The second-order valence-electron chi connectivity index (χ2n) is 5.41. The van der Waals surface area contributed by atoms with E-state index >= 15 is 0 Å². The Labute approximate surface area is 127 Å². The molecule has 0 spiro atoms. The van der Waals surface area contributed by atoms with Gasteiger partial charge in [-0.2, -0.15) is 0 Å².